The van der Waals surface area contributed by atoms with Crippen molar-refractivity contribution in [2.45, 2.75) is 71.4 Å². The van der Waals surface area contributed by atoms with Crippen molar-refractivity contribution in [2.75, 3.05) is 0 Å². The van der Waals surface area contributed by atoms with Gasteiger partial charge in [-0.05, 0) is 0 Å². The Kier molecular flexibility index (Phi) is 10.8. The zero-order valence-corrected chi connectivity index (χ0v) is 33.2. The van der Waals surface area contributed by atoms with Gasteiger partial charge < -0.3 is 24.8 Å². The van der Waals surface area contributed by atoms with Crippen LogP contribution >= 0.6 is 0 Å². The number of hydrogen-bond donors (Lipinski definition) is 0. The third-order valence-corrected chi connectivity index (χ3v) is 17.6. The number of hydrogen-bond acceptors (Lipinski definition) is 0. The van der Waals surface area contributed by atoms with Gasteiger partial charge in [-0.25, -0.2) is 0 Å². The predicted octanol–water partition coefficient (Wildman–Crippen LogP) is 5.39. The smallest absolute Gasteiger partial charge is 1.00 e. The summed E-state index contributed by atoms with van der Waals surface area (Å²) >= 11 is -3.30. The summed E-state index contributed by atoms with van der Waals surface area (Å²) in [5.41, 5.74) is 8.92. The van der Waals surface area contributed by atoms with Gasteiger partial charge in [0.25, 0.3) is 0 Å². The minimum Gasteiger partial charge on any atom is -1.00 e. The van der Waals surface area contributed by atoms with E-state index in [4.69, 9.17) is 0 Å². The SMILES string of the molecule is CC(C)(C)c1ccc2c(c1)Cc1c-2ccc(C(C)(C)C)[c]1/[Zr+2]([C]1=CC=CC1)=[C](\c1cccc(C(F)(F)F)c1)c1cccc2ccccc12.[Cl-].[Cl-]. The minimum atomic E-state index is -4.44. The van der Waals surface area contributed by atoms with E-state index in [-0.39, 0.29) is 35.6 Å². The fraction of sp³-hybridized carbons (Fsp3) is 0.250. The number of allylic oxidation sites excluding steroid dienone is 4. The van der Waals surface area contributed by atoms with Crippen LogP contribution in [-0.2, 0) is 44.7 Å². The van der Waals surface area contributed by atoms with Crippen LogP contribution in [0.2, 0.25) is 0 Å². The Labute approximate surface area is 314 Å². The van der Waals surface area contributed by atoms with Crippen molar-refractivity contribution in [3.8, 4) is 11.1 Å². The fourth-order valence-electron chi connectivity index (χ4n) is 7.46. The first-order chi connectivity index (χ1) is 22.7. The molecule has 0 bridgehead atoms. The largest absolute Gasteiger partial charge is 1.00 e. The second kappa shape index (κ2) is 14.2. The summed E-state index contributed by atoms with van der Waals surface area (Å²) in [5, 5.41) is 2.18. The third kappa shape index (κ3) is 7.06. The number of fused-ring (bicyclic) bond motifs is 4. The van der Waals surface area contributed by atoms with Gasteiger partial charge in [0, 0.05) is 0 Å². The first-order valence-electron chi connectivity index (χ1n) is 16.8. The maximum atomic E-state index is 14.4. The molecule has 0 fully saturated rings. The topological polar surface area (TPSA) is 0 Å². The summed E-state index contributed by atoms with van der Waals surface area (Å²) in [7, 11) is 0. The van der Waals surface area contributed by atoms with Crippen molar-refractivity contribution >= 4 is 17.2 Å². The maximum Gasteiger partial charge on any atom is -1.00 e. The molecule has 6 heteroatoms. The van der Waals surface area contributed by atoms with Crippen LogP contribution in [-0.4, -0.2) is 3.21 Å². The van der Waals surface area contributed by atoms with Crippen molar-refractivity contribution < 1.29 is 59.3 Å². The summed E-state index contributed by atoms with van der Waals surface area (Å²) in [6.45, 7) is 13.6. The number of alkyl halides is 3. The number of halogens is 5. The van der Waals surface area contributed by atoms with Gasteiger partial charge in [-0.15, -0.1) is 0 Å². The fourth-order valence-corrected chi connectivity index (χ4v) is 16.5. The minimum absolute atomic E-state index is 0. The van der Waals surface area contributed by atoms with Gasteiger partial charge in [0.2, 0.25) is 0 Å². The van der Waals surface area contributed by atoms with Gasteiger partial charge in [0.1, 0.15) is 0 Å². The van der Waals surface area contributed by atoms with Gasteiger partial charge in [-0.3, -0.25) is 0 Å². The normalized spacial score (nSPS) is 14.0. The molecule has 0 unspecified atom stereocenters. The Morgan fingerprint density at radius 3 is 2.06 bits per heavy atom. The summed E-state index contributed by atoms with van der Waals surface area (Å²) in [6, 6.07) is 32.3. The van der Waals surface area contributed by atoms with E-state index in [1.165, 1.54) is 52.1 Å². The van der Waals surface area contributed by atoms with Crippen LogP contribution in [0.4, 0.5) is 13.2 Å². The standard InChI is InChI=1S/C21H25.C18H11F3.C5H5.2ClH.Zr/c1-20(2,3)16-7-9-18-14(12-16)11-15-13-17(21(4,5)6)8-10-19(15)18;19-18(20,21)16-9-3-5-13(12-16)11-15-8-4-7-14-6-1-2-10-17(14)15;1-2-4-5-3-1;;;/h7-10,12H,11H2,1-6H3;1-10,12H;1-3H,4H2;2*1H;/q;;;;;+2/p-2. The van der Waals surface area contributed by atoms with Gasteiger partial charge in [-0.1, -0.05) is 0 Å². The van der Waals surface area contributed by atoms with E-state index in [0.29, 0.717) is 5.56 Å². The molecule has 0 saturated carbocycles. The summed E-state index contributed by atoms with van der Waals surface area (Å²) < 4.78 is 47.0. The van der Waals surface area contributed by atoms with E-state index in [1.807, 2.05) is 18.2 Å². The molecule has 7 rings (SSSR count). The molecule has 0 saturated heterocycles. The average molecular weight is 789 g/mol. The quantitative estimate of drug-likeness (QED) is 0.225. The predicted molar refractivity (Wildman–Crippen MR) is 192 cm³/mol. The molecule has 0 spiro atoms. The first kappa shape index (κ1) is 38.2. The molecule has 2 aliphatic rings. The molecule has 50 heavy (non-hydrogen) atoms. The molecule has 0 aromatic heterocycles. The Balaban J connectivity index is 0.00000243. The summed E-state index contributed by atoms with van der Waals surface area (Å²) in [5.74, 6) is 0. The van der Waals surface area contributed by atoms with E-state index in [9.17, 15) is 13.2 Å². The second-order valence-electron chi connectivity index (χ2n) is 15.2. The molecule has 0 nitrogen and oxygen atoms in total. The first-order valence-corrected chi connectivity index (χ1v) is 20.5. The van der Waals surface area contributed by atoms with Crippen LogP contribution in [0.25, 0.3) is 21.9 Å². The molecule has 0 atom stereocenters. The van der Waals surface area contributed by atoms with Crippen molar-refractivity contribution in [1.82, 2.24) is 0 Å². The molecular formula is C44H41Cl2F3Zr. The Morgan fingerprint density at radius 2 is 1.38 bits per heavy atom. The molecule has 0 heterocycles. The molecule has 0 radical (unpaired) electrons. The van der Waals surface area contributed by atoms with Gasteiger partial charge in [-0.2, -0.15) is 0 Å². The third-order valence-electron chi connectivity index (χ3n) is 9.88. The molecule has 5 aromatic carbocycles. The zero-order chi connectivity index (χ0) is 34.0. The molecule has 0 aliphatic heterocycles. The van der Waals surface area contributed by atoms with Crippen LogP contribution in [0.5, 0.6) is 0 Å². The molecule has 256 valence electrons. The molecule has 2 aliphatic carbocycles. The Morgan fingerprint density at radius 1 is 0.680 bits per heavy atom. The average Bonchev–Trinajstić information content (AvgIpc) is 3.70. The second-order valence-corrected chi connectivity index (χ2v) is 21.1. The molecule has 5 aromatic rings. The van der Waals surface area contributed by atoms with Gasteiger partial charge in [0.05, 0.1) is 0 Å². The van der Waals surface area contributed by atoms with E-state index < -0.39 is 33.0 Å². The molecule has 0 amide bonds. The van der Waals surface area contributed by atoms with E-state index in [1.54, 1.807) is 6.07 Å². The zero-order valence-electron chi connectivity index (χ0n) is 29.3. The van der Waals surface area contributed by atoms with Gasteiger partial charge in [0.15, 0.2) is 0 Å². The van der Waals surface area contributed by atoms with E-state index in [2.05, 4.69) is 120 Å². The van der Waals surface area contributed by atoms with Crippen molar-refractivity contribution in [3.63, 3.8) is 0 Å². The van der Waals surface area contributed by atoms with Crippen LogP contribution in [0, 0.1) is 0 Å². The van der Waals surface area contributed by atoms with Crippen LogP contribution < -0.4 is 28.1 Å². The van der Waals surface area contributed by atoms with Crippen molar-refractivity contribution in [2.24, 2.45) is 0 Å². The molecule has 0 N–H and O–H groups in total. The van der Waals surface area contributed by atoms with Gasteiger partial charge >= 0.3 is 292 Å². The van der Waals surface area contributed by atoms with E-state index >= 15 is 0 Å². The monoisotopic (exact) mass is 786 g/mol. The van der Waals surface area contributed by atoms with Crippen LogP contribution in [0.1, 0.15) is 86.9 Å². The van der Waals surface area contributed by atoms with Crippen molar-refractivity contribution in [3.05, 3.63) is 158 Å². The van der Waals surface area contributed by atoms with E-state index in [0.717, 1.165) is 32.4 Å². The molecular weight excluding hydrogens is 748 g/mol. The summed E-state index contributed by atoms with van der Waals surface area (Å²) in [4.78, 5) is 0. The Bertz CT molecular complexity index is 2190. The number of rotatable bonds is 4. The Hall–Kier alpha value is -3.04. The maximum absolute atomic E-state index is 14.4. The number of benzene rings is 5. The summed E-state index contributed by atoms with van der Waals surface area (Å²) in [6.07, 6.45) is 3.87. The van der Waals surface area contributed by atoms with Crippen LogP contribution in [0.15, 0.2) is 119 Å². The van der Waals surface area contributed by atoms with Crippen LogP contribution in [0.3, 0.4) is 0 Å². The van der Waals surface area contributed by atoms with Crippen molar-refractivity contribution in [1.29, 1.82) is 0 Å².